The van der Waals surface area contributed by atoms with Crippen molar-refractivity contribution in [1.82, 2.24) is 9.29 Å². The molecule has 0 saturated carbocycles. The molecule has 1 aliphatic heterocycles. The van der Waals surface area contributed by atoms with Gasteiger partial charge in [-0.3, -0.25) is 10.1 Å². The Balaban J connectivity index is 1.40. The first-order valence-electron chi connectivity index (χ1n) is 11.5. The molecule has 34 heavy (non-hydrogen) atoms. The molecule has 2 heterocycles. The average molecular weight is 500 g/mol. The molecule has 0 spiro atoms. The molecule has 1 unspecified atom stereocenters. The van der Waals surface area contributed by atoms with E-state index in [1.807, 2.05) is 29.6 Å². The van der Waals surface area contributed by atoms with Crippen molar-refractivity contribution in [2.45, 2.75) is 38.0 Å². The smallest absolute Gasteiger partial charge is 0.257 e. The predicted octanol–water partition coefficient (Wildman–Crippen LogP) is 5.27. The van der Waals surface area contributed by atoms with Crippen molar-refractivity contribution in [1.29, 1.82) is 0 Å². The lowest BCUT2D eigenvalue weighted by Gasteiger charge is -2.30. The Morgan fingerprint density at radius 3 is 2.59 bits per heavy atom. The molecule has 9 heteroatoms. The zero-order valence-corrected chi connectivity index (χ0v) is 21.0. The van der Waals surface area contributed by atoms with Gasteiger partial charge in [-0.2, -0.15) is 4.31 Å². The summed E-state index contributed by atoms with van der Waals surface area (Å²) in [5.74, 6) is 0.832. The SMILES string of the molecule is CCCOc1ccc(-c2csc(NC(=O)c3ccc(S(=O)(=O)N4CCCC(C)C4)cc3)n2)cc1. The molecule has 1 amide bonds. The number of nitrogens with one attached hydrogen (secondary N) is 1. The van der Waals surface area contributed by atoms with E-state index in [0.717, 1.165) is 36.3 Å². The fourth-order valence-electron chi connectivity index (χ4n) is 3.87. The molecule has 180 valence electrons. The molecule has 1 N–H and O–H groups in total. The van der Waals surface area contributed by atoms with Gasteiger partial charge in [0.2, 0.25) is 10.0 Å². The van der Waals surface area contributed by atoms with E-state index in [0.29, 0.717) is 36.3 Å². The number of ether oxygens (including phenoxy) is 1. The number of carbonyl (C=O) groups excluding carboxylic acids is 1. The number of benzene rings is 2. The van der Waals surface area contributed by atoms with Crippen molar-refractivity contribution < 1.29 is 17.9 Å². The summed E-state index contributed by atoms with van der Waals surface area (Å²) in [5, 5.41) is 5.16. The van der Waals surface area contributed by atoms with Gasteiger partial charge in [0.25, 0.3) is 5.91 Å². The van der Waals surface area contributed by atoms with Crippen molar-refractivity contribution >= 4 is 32.4 Å². The van der Waals surface area contributed by atoms with Gasteiger partial charge in [-0.05, 0) is 73.7 Å². The van der Waals surface area contributed by atoms with E-state index in [2.05, 4.69) is 24.1 Å². The molecule has 1 saturated heterocycles. The van der Waals surface area contributed by atoms with Gasteiger partial charge >= 0.3 is 0 Å². The van der Waals surface area contributed by atoms with Crippen molar-refractivity contribution in [2.24, 2.45) is 5.92 Å². The van der Waals surface area contributed by atoms with Crippen LogP contribution in [0.15, 0.2) is 58.8 Å². The van der Waals surface area contributed by atoms with Gasteiger partial charge < -0.3 is 4.74 Å². The van der Waals surface area contributed by atoms with Crippen LogP contribution in [0.3, 0.4) is 0 Å². The third-order valence-electron chi connectivity index (χ3n) is 5.72. The van der Waals surface area contributed by atoms with Gasteiger partial charge in [0.05, 0.1) is 17.2 Å². The maximum Gasteiger partial charge on any atom is 0.257 e. The van der Waals surface area contributed by atoms with Gasteiger partial charge in [0, 0.05) is 29.6 Å². The number of carbonyl (C=O) groups is 1. The predicted molar refractivity (Wildman–Crippen MR) is 135 cm³/mol. The second-order valence-electron chi connectivity index (χ2n) is 8.50. The number of thiazole rings is 1. The number of rotatable bonds is 8. The molecule has 4 rings (SSSR count). The zero-order valence-electron chi connectivity index (χ0n) is 19.4. The number of anilines is 1. The second kappa shape index (κ2) is 10.7. The Morgan fingerprint density at radius 1 is 1.18 bits per heavy atom. The average Bonchev–Trinajstić information content (AvgIpc) is 3.31. The van der Waals surface area contributed by atoms with E-state index in [9.17, 15) is 13.2 Å². The summed E-state index contributed by atoms with van der Waals surface area (Å²) in [6.07, 6.45) is 2.86. The summed E-state index contributed by atoms with van der Waals surface area (Å²) in [4.78, 5) is 17.4. The minimum atomic E-state index is -3.55. The van der Waals surface area contributed by atoms with Crippen LogP contribution in [0.5, 0.6) is 5.75 Å². The van der Waals surface area contributed by atoms with Crippen LogP contribution in [0.2, 0.25) is 0 Å². The summed E-state index contributed by atoms with van der Waals surface area (Å²) >= 11 is 1.33. The molecule has 0 bridgehead atoms. The normalized spacial score (nSPS) is 16.8. The monoisotopic (exact) mass is 499 g/mol. The fraction of sp³-hybridized carbons (Fsp3) is 0.360. The van der Waals surface area contributed by atoms with Crippen LogP contribution in [0.1, 0.15) is 43.5 Å². The molecule has 7 nitrogen and oxygen atoms in total. The summed E-state index contributed by atoms with van der Waals surface area (Å²) < 4.78 is 33.0. The third kappa shape index (κ3) is 5.65. The first kappa shape index (κ1) is 24.4. The van der Waals surface area contributed by atoms with E-state index in [1.165, 1.54) is 27.8 Å². The molecule has 0 radical (unpaired) electrons. The molecule has 1 atom stereocenters. The van der Waals surface area contributed by atoms with Gasteiger partial charge in [0.15, 0.2) is 5.13 Å². The van der Waals surface area contributed by atoms with Crippen molar-refractivity contribution in [3.8, 4) is 17.0 Å². The van der Waals surface area contributed by atoms with Gasteiger partial charge in [-0.1, -0.05) is 13.8 Å². The standard InChI is InChI=1S/C25H29N3O4S2/c1-3-15-32-21-10-6-19(7-11-21)23-17-33-25(26-23)27-24(29)20-8-12-22(13-9-20)34(30,31)28-14-4-5-18(2)16-28/h6-13,17-18H,3-5,14-16H2,1-2H3,(H,26,27,29). The largest absolute Gasteiger partial charge is 0.494 e. The van der Waals surface area contributed by atoms with E-state index in [4.69, 9.17) is 4.74 Å². The Hall–Kier alpha value is -2.75. The molecule has 1 fully saturated rings. The number of sulfonamides is 1. The van der Waals surface area contributed by atoms with E-state index < -0.39 is 10.0 Å². The van der Waals surface area contributed by atoms with Crippen LogP contribution in [0, 0.1) is 5.92 Å². The molecule has 1 aliphatic rings. The highest BCUT2D eigenvalue weighted by Crippen LogP contribution is 2.27. The van der Waals surface area contributed by atoms with Crippen molar-refractivity contribution in [2.75, 3.05) is 25.0 Å². The number of nitrogens with zero attached hydrogens (tertiary/aromatic N) is 2. The van der Waals surface area contributed by atoms with Gasteiger partial charge in [-0.15, -0.1) is 11.3 Å². The van der Waals surface area contributed by atoms with Crippen LogP contribution >= 0.6 is 11.3 Å². The topological polar surface area (TPSA) is 88.6 Å². The quantitative estimate of drug-likeness (QED) is 0.456. The van der Waals surface area contributed by atoms with Crippen molar-refractivity contribution in [3.05, 3.63) is 59.5 Å². The number of hydrogen-bond donors (Lipinski definition) is 1. The number of aromatic nitrogens is 1. The lowest BCUT2D eigenvalue weighted by Crippen LogP contribution is -2.39. The lowest BCUT2D eigenvalue weighted by atomic mass is 10.0. The van der Waals surface area contributed by atoms with Crippen LogP contribution in [-0.4, -0.2) is 43.3 Å². The van der Waals surface area contributed by atoms with Crippen LogP contribution < -0.4 is 10.1 Å². The number of hydrogen-bond acceptors (Lipinski definition) is 6. The Labute approximate surface area is 204 Å². The number of amides is 1. The Morgan fingerprint density at radius 2 is 1.91 bits per heavy atom. The highest BCUT2D eigenvalue weighted by molar-refractivity contribution is 7.89. The van der Waals surface area contributed by atoms with Crippen LogP contribution in [0.25, 0.3) is 11.3 Å². The third-order valence-corrected chi connectivity index (χ3v) is 8.36. The highest BCUT2D eigenvalue weighted by Gasteiger charge is 2.28. The van der Waals surface area contributed by atoms with Crippen molar-refractivity contribution in [3.63, 3.8) is 0 Å². The maximum absolute atomic E-state index is 12.9. The van der Waals surface area contributed by atoms with Gasteiger partial charge in [0.1, 0.15) is 5.75 Å². The summed E-state index contributed by atoms with van der Waals surface area (Å²) in [6, 6.07) is 13.8. The molecular weight excluding hydrogens is 470 g/mol. The molecular formula is C25H29N3O4S2. The highest BCUT2D eigenvalue weighted by atomic mass is 32.2. The molecule has 3 aromatic rings. The molecule has 0 aliphatic carbocycles. The van der Waals surface area contributed by atoms with Crippen LogP contribution in [-0.2, 0) is 10.0 Å². The van der Waals surface area contributed by atoms with Crippen LogP contribution in [0.4, 0.5) is 5.13 Å². The first-order chi connectivity index (χ1) is 16.4. The van der Waals surface area contributed by atoms with Gasteiger partial charge in [-0.25, -0.2) is 13.4 Å². The van der Waals surface area contributed by atoms with E-state index >= 15 is 0 Å². The van der Waals surface area contributed by atoms with E-state index in [-0.39, 0.29) is 10.8 Å². The summed E-state index contributed by atoms with van der Waals surface area (Å²) in [5.41, 5.74) is 2.07. The maximum atomic E-state index is 12.9. The lowest BCUT2D eigenvalue weighted by molar-refractivity contribution is 0.102. The number of piperidine rings is 1. The first-order valence-corrected chi connectivity index (χ1v) is 13.8. The molecule has 1 aromatic heterocycles. The Bertz CT molecular complexity index is 1220. The second-order valence-corrected chi connectivity index (χ2v) is 11.3. The summed E-state index contributed by atoms with van der Waals surface area (Å²) in [7, 11) is -3.55. The summed E-state index contributed by atoms with van der Waals surface area (Å²) in [6.45, 7) is 5.87. The molecule has 2 aromatic carbocycles. The van der Waals surface area contributed by atoms with E-state index in [1.54, 1.807) is 12.1 Å². The minimum absolute atomic E-state index is 0.209. The minimum Gasteiger partial charge on any atom is -0.494 e. The Kier molecular flexibility index (Phi) is 7.65. The fourth-order valence-corrected chi connectivity index (χ4v) is 6.18. The zero-order chi connectivity index (χ0) is 24.1.